The second kappa shape index (κ2) is 7.15. The summed E-state index contributed by atoms with van der Waals surface area (Å²) in [6.45, 7) is 0. The molecule has 0 saturated heterocycles. The van der Waals surface area contributed by atoms with Gasteiger partial charge >= 0.3 is 6.03 Å². The number of hydrogen-bond donors (Lipinski definition) is 3. The Morgan fingerprint density at radius 3 is 2.48 bits per heavy atom. The van der Waals surface area contributed by atoms with E-state index >= 15 is 0 Å². The Kier molecular flexibility index (Phi) is 5.38. The van der Waals surface area contributed by atoms with Crippen LogP contribution < -0.4 is 15.4 Å². The Labute approximate surface area is 147 Å². The molecule has 1 heterocycles. The molecule has 136 valence electrons. The van der Waals surface area contributed by atoms with Gasteiger partial charge in [-0.05, 0) is 23.7 Å². The molecule has 0 spiro atoms. The van der Waals surface area contributed by atoms with Crippen LogP contribution in [0.3, 0.4) is 0 Å². The Morgan fingerprint density at radius 1 is 1.28 bits per heavy atom. The van der Waals surface area contributed by atoms with Crippen LogP contribution in [0.15, 0.2) is 51.9 Å². The van der Waals surface area contributed by atoms with Crippen LogP contribution in [0.25, 0.3) is 0 Å². The van der Waals surface area contributed by atoms with Crippen LogP contribution in [-0.2, 0) is 19.5 Å². The van der Waals surface area contributed by atoms with Crippen molar-refractivity contribution in [2.24, 2.45) is 4.99 Å². The number of urea groups is 1. The Bertz CT molecular complexity index is 830. The summed E-state index contributed by atoms with van der Waals surface area (Å²) in [6, 6.07) is 5.99. The van der Waals surface area contributed by atoms with Gasteiger partial charge in [0.25, 0.3) is 21.2 Å². The van der Waals surface area contributed by atoms with Crippen LogP contribution in [0.4, 0.5) is 9.18 Å². The number of carbonyl (C=O) groups excluding carboxylic acids is 1. The van der Waals surface area contributed by atoms with Crippen molar-refractivity contribution in [1.29, 1.82) is 0 Å². The molecule has 1 aromatic rings. The quantitative estimate of drug-likeness (QED) is 0.519. The van der Waals surface area contributed by atoms with Gasteiger partial charge in [-0.1, -0.05) is 18.2 Å². The highest BCUT2D eigenvalue weighted by Crippen LogP contribution is 2.23. The molecule has 0 fully saturated rings. The molecule has 0 radical (unpaired) electrons. The van der Waals surface area contributed by atoms with Crippen molar-refractivity contribution in [1.82, 2.24) is 15.4 Å². The minimum Gasteiger partial charge on any atom is -0.480 e. The van der Waals surface area contributed by atoms with Crippen LogP contribution in [0.1, 0.15) is 0 Å². The number of halogens is 2. The Hall–Kier alpha value is -2.53. The molecule has 0 aromatic heterocycles. The zero-order valence-corrected chi connectivity index (χ0v) is 14.6. The third-order valence-electron chi connectivity index (χ3n) is 2.88. The molecule has 1 aliphatic heterocycles. The number of benzene rings is 1. The molecule has 1 atom stereocenters. The number of alkyl halides is 1. The zero-order valence-electron chi connectivity index (χ0n) is 13.0. The van der Waals surface area contributed by atoms with E-state index in [1.165, 1.54) is 24.3 Å². The third kappa shape index (κ3) is 4.31. The number of rotatable bonds is 4. The maximum atomic E-state index is 13.8. The predicted octanol–water partition coefficient (Wildman–Crippen LogP) is 0.958. The van der Waals surface area contributed by atoms with Crippen molar-refractivity contribution in [3.05, 3.63) is 42.0 Å². The highest BCUT2D eigenvalue weighted by molar-refractivity contribution is 7.90. The molecule has 2 rings (SSSR count). The van der Waals surface area contributed by atoms with Gasteiger partial charge in [0.15, 0.2) is 0 Å². The van der Waals surface area contributed by atoms with Gasteiger partial charge in [-0.25, -0.2) is 17.9 Å². The first kappa shape index (κ1) is 18.8. The molecule has 3 N–H and O–H groups in total. The minimum atomic E-state index is -4.13. The van der Waals surface area contributed by atoms with Gasteiger partial charge < -0.3 is 9.47 Å². The predicted molar refractivity (Wildman–Crippen MR) is 86.6 cm³/mol. The van der Waals surface area contributed by atoms with Crippen molar-refractivity contribution in [2.45, 2.75) is 10.1 Å². The lowest BCUT2D eigenvalue weighted by molar-refractivity contribution is 0.201. The smallest absolute Gasteiger partial charge is 0.332 e. The summed E-state index contributed by atoms with van der Waals surface area (Å²) < 4.78 is 49.2. The highest BCUT2D eigenvalue weighted by Gasteiger charge is 2.38. The molecule has 0 aliphatic carbocycles. The number of sulfonamides is 1. The lowest BCUT2D eigenvalue weighted by Crippen LogP contribution is -2.58. The molecule has 2 amide bonds. The highest BCUT2D eigenvalue weighted by atomic mass is 35.5. The standard InChI is InChI=1S/C13H14ClFN4O5S/c1-23-10-9(15)11(24-2)17-13(14,16-10)18-12(20)19-25(21,22)8-6-4-3-5-7-8/h3-7,16H,1-2H3,(H2,18,19,20). The van der Waals surface area contributed by atoms with Gasteiger partial charge in [-0.3, -0.25) is 10.6 Å². The number of amides is 2. The second-order valence-electron chi connectivity index (χ2n) is 4.59. The van der Waals surface area contributed by atoms with Crippen LogP contribution in [-0.4, -0.2) is 39.8 Å². The fourth-order valence-electron chi connectivity index (χ4n) is 1.81. The first-order chi connectivity index (χ1) is 11.7. The van der Waals surface area contributed by atoms with Crippen molar-refractivity contribution in [2.75, 3.05) is 14.2 Å². The SMILES string of the molecule is COC1=NC(Cl)(NC(=O)NS(=O)(=O)c2ccccc2)NC(OC)=C1F. The third-order valence-corrected chi connectivity index (χ3v) is 4.50. The summed E-state index contributed by atoms with van der Waals surface area (Å²) in [6.07, 6.45) is 0. The number of nitrogens with one attached hydrogen (secondary N) is 3. The molecule has 0 saturated carbocycles. The molecule has 1 aromatic carbocycles. The van der Waals surface area contributed by atoms with Crippen LogP contribution in [0.2, 0.25) is 0 Å². The number of nitrogens with zero attached hydrogens (tertiary/aromatic N) is 1. The van der Waals surface area contributed by atoms with Crippen molar-refractivity contribution in [3.8, 4) is 0 Å². The van der Waals surface area contributed by atoms with Gasteiger partial charge in [0.1, 0.15) is 0 Å². The summed E-state index contributed by atoms with van der Waals surface area (Å²) >= 11 is 6.03. The van der Waals surface area contributed by atoms with E-state index in [-0.39, 0.29) is 4.90 Å². The number of methoxy groups -OCH3 is 2. The Morgan fingerprint density at radius 2 is 1.92 bits per heavy atom. The number of ether oxygens (including phenoxy) is 2. The molecule has 9 nitrogen and oxygen atoms in total. The molecule has 12 heteroatoms. The van der Waals surface area contributed by atoms with Crippen molar-refractivity contribution < 1.29 is 27.1 Å². The number of carbonyl (C=O) groups is 1. The van der Waals surface area contributed by atoms with Gasteiger partial charge in [-0.15, -0.1) is 0 Å². The molecule has 1 aliphatic rings. The molecular weight excluding hydrogens is 379 g/mol. The number of hydrogen-bond acceptors (Lipinski definition) is 7. The first-order valence-electron chi connectivity index (χ1n) is 6.66. The lowest BCUT2D eigenvalue weighted by Gasteiger charge is -2.30. The van der Waals surface area contributed by atoms with Crippen molar-refractivity contribution in [3.63, 3.8) is 0 Å². The molecule has 25 heavy (non-hydrogen) atoms. The molecule has 0 bridgehead atoms. The van der Waals surface area contributed by atoms with E-state index in [1.807, 2.05) is 5.32 Å². The van der Waals surface area contributed by atoms with Gasteiger partial charge in [0, 0.05) is 0 Å². The number of aliphatic imine (C=N–C) groups is 1. The topological polar surface area (TPSA) is 118 Å². The minimum absolute atomic E-state index is 0.130. The normalized spacial score (nSPS) is 20.2. The zero-order chi connectivity index (χ0) is 18.7. The first-order valence-corrected chi connectivity index (χ1v) is 8.52. The monoisotopic (exact) mass is 392 g/mol. The average molecular weight is 393 g/mol. The summed E-state index contributed by atoms with van der Waals surface area (Å²) in [5, 5.41) is 2.19. The molecule has 1 unspecified atom stereocenters. The Balaban J connectivity index is 2.16. The van der Waals surface area contributed by atoms with Gasteiger partial charge in [0.2, 0.25) is 11.7 Å². The van der Waals surface area contributed by atoms with E-state index in [2.05, 4.69) is 10.3 Å². The molecular formula is C13H14ClFN4O5S. The van der Waals surface area contributed by atoms with E-state index in [4.69, 9.17) is 21.1 Å². The van der Waals surface area contributed by atoms with E-state index in [0.717, 1.165) is 14.2 Å². The van der Waals surface area contributed by atoms with Crippen molar-refractivity contribution >= 4 is 33.6 Å². The summed E-state index contributed by atoms with van der Waals surface area (Å²) in [5.41, 5.74) is 0. The van der Waals surface area contributed by atoms with Gasteiger partial charge in [0.05, 0.1) is 19.1 Å². The average Bonchev–Trinajstić information content (AvgIpc) is 2.56. The van der Waals surface area contributed by atoms with Crippen LogP contribution >= 0.6 is 11.6 Å². The fraction of sp³-hybridized carbons (Fsp3) is 0.231. The second-order valence-corrected chi connectivity index (χ2v) is 6.82. The van der Waals surface area contributed by atoms with Crippen LogP contribution in [0.5, 0.6) is 0 Å². The maximum Gasteiger partial charge on any atom is 0.332 e. The lowest BCUT2D eigenvalue weighted by atomic mass is 10.4. The summed E-state index contributed by atoms with van der Waals surface area (Å²) in [5.74, 6) is -1.97. The largest absolute Gasteiger partial charge is 0.480 e. The van der Waals surface area contributed by atoms with E-state index in [0.29, 0.717) is 0 Å². The van der Waals surface area contributed by atoms with Crippen LogP contribution in [0, 0.1) is 0 Å². The van der Waals surface area contributed by atoms with E-state index < -0.39 is 38.9 Å². The summed E-state index contributed by atoms with van der Waals surface area (Å²) in [4.78, 5) is 15.5. The van der Waals surface area contributed by atoms with E-state index in [9.17, 15) is 17.6 Å². The fourth-order valence-corrected chi connectivity index (χ4v) is 2.99. The van der Waals surface area contributed by atoms with E-state index in [1.54, 1.807) is 10.8 Å². The van der Waals surface area contributed by atoms with Gasteiger partial charge in [-0.2, -0.15) is 9.38 Å². The maximum absolute atomic E-state index is 13.8. The summed E-state index contributed by atoms with van der Waals surface area (Å²) in [7, 11) is -1.85.